The van der Waals surface area contributed by atoms with Gasteiger partial charge in [0.25, 0.3) is 0 Å². The summed E-state index contributed by atoms with van der Waals surface area (Å²) in [6, 6.07) is 0.240. The molecule has 6 nitrogen and oxygen atoms in total. The van der Waals surface area contributed by atoms with Crippen molar-refractivity contribution in [3.05, 3.63) is 0 Å². The molecule has 0 N–H and O–H groups in total. The zero-order chi connectivity index (χ0) is 15.5. The van der Waals surface area contributed by atoms with Gasteiger partial charge in [0, 0.05) is 46.5 Å². The summed E-state index contributed by atoms with van der Waals surface area (Å²) in [4.78, 5) is 2.19. The standard InChI is InChI=1S/C14H28N2O4S/c1-15-10-14(19-3)8-13(15)9-16(2)21(17,18)11-12-4-6-20-7-5-12/h12-14H,4-11H2,1-3H3/t13-,14-/m0/s1. The molecule has 2 aliphatic rings. The molecule has 2 saturated heterocycles. The molecule has 2 atom stereocenters. The summed E-state index contributed by atoms with van der Waals surface area (Å²) in [5.74, 6) is 0.482. The highest BCUT2D eigenvalue weighted by Gasteiger charge is 2.33. The second-order valence-electron chi connectivity index (χ2n) is 6.30. The van der Waals surface area contributed by atoms with Crippen LogP contribution in [0.2, 0.25) is 0 Å². The monoisotopic (exact) mass is 320 g/mol. The maximum atomic E-state index is 12.5. The zero-order valence-electron chi connectivity index (χ0n) is 13.3. The Morgan fingerprint density at radius 2 is 2.00 bits per heavy atom. The first-order valence-corrected chi connectivity index (χ1v) is 9.28. The van der Waals surface area contributed by atoms with Crippen LogP contribution in [0.5, 0.6) is 0 Å². The summed E-state index contributed by atoms with van der Waals surface area (Å²) >= 11 is 0. The van der Waals surface area contributed by atoms with E-state index in [0.29, 0.717) is 19.8 Å². The van der Waals surface area contributed by atoms with Gasteiger partial charge in [-0.3, -0.25) is 4.90 Å². The summed E-state index contributed by atoms with van der Waals surface area (Å²) in [6.07, 6.45) is 2.81. The predicted octanol–water partition coefficient (Wildman–Crippen LogP) is 0.394. The van der Waals surface area contributed by atoms with Crippen LogP contribution < -0.4 is 0 Å². The first-order chi connectivity index (χ1) is 9.92. The number of rotatable bonds is 6. The van der Waals surface area contributed by atoms with Crippen LogP contribution in [0, 0.1) is 5.92 Å². The molecule has 0 aliphatic carbocycles. The molecule has 0 bridgehead atoms. The lowest BCUT2D eigenvalue weighted by molar-refractivity contribution is 0.0720. The largest absolute Gasteiger partial charge is 0.381 e. The molecule has 0 radical (unpaired) electrons. The Bertz CT molecular complexity index is 423. The normalized spacial score (nSPS) is 29.3. The van der Waals surface area contributed by atoms with E-state index in [1.165, 1.54) is 4.31 Å². The Hall–Kier alpha value is -0.210. The average Bonchev–Trinajstić information content (AvgIpc) is 2.80. The van der Waals surface area contributed by atoms with Crippen LogP contribution in [0.3, 0.4) is 0 Å². The fourth-order valence-electron chi connectivity index (χ4n) is 3.16. The zero-order valence-corrected chi connectivity index (χ0v) is 14.1. The van der Waals surface area contributed by atoms with Crippen molar-refractivity contribution >= 4 is 10.0 Å². The quantitative estimate of drug-likeness (QED) is 0.709. The minimum atomic E-state index is -3.18. The number of methoxy groups -OCH3 is 1. The lowest BCUT2D eigenvalue weighted by atomic mass is 10.0. The second kappa shape index (κ2) is 7.37. The predicted molar refractivity (Wildman–Crippen MR) is 81.8 cm³/mol. The van der Waals surface area contributed by atoms with Gasteiger partial charge < -0.3 is 9.47 Å². The number of likely N-dealkylation sites (N-methyl/N-ethyl adjacent to an activating group) is 2. The Kier molecular flexibility index (Phi) is 6.02. The molecule has 0 aromatic heterocycles. The van der Waals surface area contributed by atoms with Crippen LogP contribution in [0.15, 0.2) is 0 Å². The van der Waals surface area contributed by atoms with Gasteiger partial charge in [-0.05, 0) is 32.2 Å². The van der Waals surface area contributed by atoms with E-state index in [1.54, 1.807) is 14.2 Å². The third-order valence-corrected chi connectivity index (χ3v) is 6.70. The van der Waals surface area contributed by atoms with Crippen molar-refractivity contribution in [3.63, 3.8) is 0 Å². The Morgan fingerprint density at radius 3 is 2.57 bits per heavy atom. The molecule has 2 heterocycles. The molecular weight excluding hydrogens is 292 g/mol. The molecule has 2 fully saturated rings. The summed E-state index contributed by atoms with van der Waals surface area (Å²) in [5, 5.41) is 0. The Morgan fingerprint density at radius 1 is 1.33 bits per heavy atom. The Balaban J connectivity index is 1.87. The third kappa shape index (κ3) is 4.63. The molecule has 2 rings (SSSR count). The number of ether oxygens (including phenoxy) is 2. The lowest BCUT2D eigenvalue weighted by Crippen LogP contribution is -2.41. The van der Waals surface area contributed by atoms with Crippen LogP contribution in [-0.2, 0) is 19.5 Å². The first kappa shape index (κ1) is 17.1. The van der Waals surface area contributed by atoms with Crippen molar-refractivity contribution in [1.82, 2.24) is 9.21 Å². The number of sulfonamides is 1. The van der Waals surface area contributed by atoms with E-state index in [0.717, 1.165) is 25.8 Å². The van der Waals surface area contributed by atoms with Crippen LogP contribution >= 0.6 is 0 Å². The summed E-state index contributed by atoms with van der Waals surface area (Å²) in [5.41, 5.74) is 0. The highest BCUT2D eigenvalue weighted by atomic mass is 32.2. The number of nitrogens with zero attached hydrogens (tertiary/aromatic N) is 2. The van der Waals surface area contributed by atoms with Crippen LogP contribution in [0.1, 0.15) is 19.3 Å². The van der Waals surface area contributed by atoms with Crippen molar-refractivity contribution in [2.45, 2.75) is 31.4 Å². The van der Waals surface area contributed by atoms with Crippen LogP contribution in [0.25, 0.3) is 0 Å². The lowest BCUT2D eigenvalue weighted by Gasteiger charge is -2.28. The highest BCUT2D eigenvalue weighted by molar-refractivity contribution is 7.89. The minimum absolute atomic E-state index is 0.214. The number of likely N-dealkylation sites (tertiary alicyclic amines) is 1. The molecule has 2 aliphatic heterocycles. The summed E-state index contributed by atoms with van der Waals surface area (Å²) in [7, 11) is 2.26. The maximum absolute atomic E-state index is 12.5. The van der Waals surface area contributed by atoms with E-state index >= 15 is 0 Å². The Labute approximate surface area is 128 Å². The van der Waals surface area contributed by atoms with Crippen molar-refractivity contribution in [1.29, 1.82) is 0 Å². The molecule has 7 heteroatoms. The van der Waals surface area contributed by atoms with Crippen molar-refractivity contribution in [2.75, 3.05) is 53.3 Å². The molecule has 0 spiro atoms. The SMILES string of the molecule is CO[C@H]1C[C@@H](CN(C)S(=O)(=O)CC2CCOCC2)N(C)C1. The van der Waals surface area contributed by atoms with E-state index in [9.17, 15) is 8.42 Å². The van der Waals surface area contributed by atoms with E-state index in [4.69, 9.17) is 9.47 Å². The summed E-state index contributed by atoms with van der Waals surface area (Å²) in [6.45, 7) is 2.78. The second-order valence-corrected chi connectivity index (χ2v) is 8.42. The first-order valence-electron chi connectivity index (χ1n) is 7.67. The van der Waals surface area contributed by atoms with Crippen LogP contribution in [0.4, 0.5) is 0 Å². The molecule has 21 heavy (non-hydrogen) atoms. The van der Waals surface area contributed by atoms with Gasteiger partial charge in [-0.1, -0.05) is 0 Å². The van der Waals surface area contributed by atoms with E-state index in [1.807, 2.05) is 7.05 Å². The maximum Gasteiger partial charge on any atom is 0.214 e. The topological polar surface area (TPSA) is 59.1 Å². The summed E-state index contributed by atoms with van der Waals surface area (Å²) < 4.78 is 37.2. The molecule has 124 valence electrons. The van der Waals surface area contributed by atoms with Gasteiger partial charge in [-0.2, -0.15) is 0 Å². The van der Waals surface area contributed by atoms with Gasteiger partial charge >= 0.3 is 0 Å². The van der Waals surface area contributed by atoms with Crippen molar-refractivity contribution in [3.8, 4) is 0 Å². The average molecular weight is 320 g/mol. The molecule has 0 aromatic carbocycles. The fourth-order valence-corrected chi connectivity index (χ4v) is 4.74. The molecular formula is C14H28N2O4S. The van der Waals surface area contributed by atoms with Gasteiger partial charge in [0.2, 0.25) is 10.0 Å². The fraction of sp³-hybridized carbons (Fsp3) is 1.00. The molecule has 0 unspecified atom stereocenters. The van der Waals surface area contributed by atoms with Gasteiger partial charge in [-0.25, -0.2) is 12.7 Å². The van der Waals surface area contributed by atoms with E-state index < -0.39 is 10.0 Å². The van der Waals surface area contributed by atoms with Gasteiger partial charge in [-0.15, -0.1) is 0 Å². The van der Waals surface area contributed by atoms with Crippen molar-refractivity contribution < 1.29 is 17.9 Å². The molecule has 0 amide bonds. The molecule has 0 aromatic rings. The van der Waals surface area contributed by atoms with Gasteiger partial charge in [0.1, 0.15) is 0 Å². The highest BCUT2D eigenvalue weighted by Crippen LogP contribution is 2.22. The van der Waals surface area contributed by atoms with Gasteiger partial charge in [0.05, 0.1) is 11.9 Å². The van der Waals surface area contributed by atoms with Crippen LogP contribution in [-0.4, -0.2) is 83.0 Å². The number of hydrogen-bond donors (Lipinski definition) is 0. The van der Waals surface area contributed by atoms with Crippen molar-refractivity contribution in [2.24, 2.45) is 5.92 Å². The minimum Gasteiger partial charge on any atom is -0.381 e. The van der Waals surface area contributed by atoms with Gasteiger partial charge in [0.15, 0.2) is 0 Å². The van der Waals surface area contributed by atoms with E-state index in [-0.39, 0.29) is 23.8 Å². The smallest absolute Gasteiger partial charge is 0.214 e. The molecule has 0 saturated carbocycles. The number of hydrogen-bond acceptors (Lipinski definition) is 5. The van der Waals surface area contributed by atoms with E-state index in [2.05, 4.69) is 4.90 Å². The third-order valence-electron chi connectivity index (χ3n) is 4.71.